The predicted octanol–water partition coefficient (Wildman–Crippen LogP) is 5.14. The lowest BCUT2D eigenvalue weighted by molar-refractivity contribution is 0.459. The zero-order chi connectivity index (χ0) is 21.8. The van der Waals surface area contributed by atoms with Crippen LogP contribution in [-0.4, -0.2) is 46.0 Å². The van der Waals surface area contributed by atoms with E-state index in [1.165, 1.54) is 11.3 Å². The van der Waals surface area contributed by atoms with Gasteiger partial charge in [0.25, 0.3) is 0 Å². The van der Waals surface area contributed by atoms with Crippen molar-refractivity contribution in [2.45, 2.75) is 59.0 Å². The molecule has 2 N–H and O–H groups in total. The van der Waals surface area contributed by atoms with Gasteiger partial charge in [-0.05, 0) is 19.3 Å². The van der Waals surface area contributed by atoms with Crippen molar-refractivity contribution in [3.8, 4) is 0 Å². The van der Waals surface area contributed by atoms with Gasteiger partial charge in [0.15, 0.2) is 16.1 Å². The molecule has 0 atom stereocenters. The van der Waals surface area contributed by atoms with Crippen molar-refractivity contribution in [2.24, 2.45) is 0 Å². The number of imidazole rings is 1. The number of aryl methyl sites for hydroxylation is 1. The molecule has 6 nitrogen and oxygen atoms in total. The number of fused-ring (bicyclic) bond motifs is 1. The zero-order valence-electron chi connectivity index (χ0n) is 18.5. The van der Waals surface area contributed by atoms with Crippen LogP contribution >= 0.6 is 22.9 Å². The van der Waals surface area contributed by atoms with Gasteiger partial charge in [-0.15, -0.1) is 0 Å². The molecule has 2 aromatic rings. The van der Waals surface area contributed by atoms with Crippen molar-refractivity contribution < 1.29 is 0 Å². The standard InChI is InChI=1S/C19H25ClN6S.C3H8/c1-5-14-17(20)24-18(22-14)11(2)21-13-6-8-26(9-7-13)19-23-15-10-25(4)12(3)16(15)27-19;1-3-2/h13,21H,2-3,5-10H2,1,4H3,(H,22,24);3H2,1-2H3. The molecular weight excluding hydrogens is 416 g/mol. The molecule has 0 radical (unpaired) electrons. The molecule has 0 unspecified atom stereocenters. The summed E-state index contributed by atoms with van der Waals surface area (Å²) in [6.07, 6.45) is 4.16. The van der Waals surface area contributed by atoms with E-state index < -0.39 is 0 Å². The highest BCUT2D eigenvalue weighted by Gasteiger charge is 2.28. The molecule has 0 bridgehead atoms. The van der Waals surface area contributed by atoms with Crippen LogP contribution in [0.3, 0.4) is 0 Å². The van der Waals surface area contributed by atoms with Crippen LogP contribution in [0.25, 0.3) is 11.4 Å². The van der Waals surface area contributed by atoms with Crippen LogP contribution in [-0.2, 0) is 13.0 Å². The summed E-state index contributed by atoms with van der Waals surface area (Å²) in [6.45, 7) is 17.4. The van der Waals surface area contributed by atoms with Crippen molar-refractivity contribution >= 4 is 39.5 Å². The van der Waals surface area contributed by atoms with Crippen LogP contribution in [0.4, 0.5) is 5.13 Å². The van der Waals surface area contributed by atoms with Crippen LogP contribution in [0.15, 0.2) is 13.2 Å². The Kier molecular flexibility index (Phi) is 7.47. The third-order valence-electron chi connectivity index (χ3n) is 5.31. The van der Waals surface area contributed by atoms with E-state index in [1.54, 1.807) is 11.3 Å². The fraction of sp³-hybridized carbons (Fsp3) is 0.545. The lowest BCUT2D eigenvalue weighted by Gasteiger charge is -2.33. The molecule has 4 rings (SSSR count). The Bertz CT molecular complexity index is 894. The van der Waals surface area contributed by atoms with E-state index in [-0.39, 0.29) is 0 Å². The molecule has 2 aliphatic rings. The summed E-state index contributed by atoms with van der Waals surface area (Å²) in [5.41, 5.74) is 4.01. The average molecular weight is 449 g/mol. The minimum Gasteiger partial charge on any atom is -0.380 e. The summed E-state index contributed by atoms with van der Waals surface area (Å²) >= 11 is 7.90. The smallest absolute Gasteiger partial charge is 0.186 e. The molecule has 164 valence electrons. The van der Waals surface area contributed by atoms with Crippen LogP contribution in [0.1, 0.15) is 62.1 Å². The van der Waals surface area contributed by atoms with E-state index in [4.69, 9.17) is 16.6 Å². The third-order valence-corrected chi connectivity index (χ3v) is 6.83. The highest BCUT2D eigenvalue weighted by atomic mass is 35.5. The topological polar surface area (TPSA) is 60.1 Å². The molecule has 1 saturated heterocycles. The number of hydrogen-bond acceptors (Lipinski definition) is 6. The first-order valence-corrected chi connectivity index (χ1v) is 11.9. The van der Waals surface area contributed by atoms with E-state index in [1.807, 2.05) is 0 Å². The Morgan fingerprint density at radius 2 is 1.93 bits per heavy atom. The summed E-state index contributed by atoms with van der Waals surface area (Å²) in [4.78, 5) is 18.2. The molecular formula is C22H33ClN6S. The number of nitrogens with zero attached hydrogens (tertiary/aromatic N) is 4. The van der Waals surface area contributed by atoms with Gasteiger partial charge in [0.05, 0.1) is 28.5 Å². The minimum absolute atomic E-state index is 0.385. The molecule has 0 spiro atoms. The molecule has 30 heavy (non-hydrogen) atoms. The van der Waals surface area contributed by atoms with Crippen LogP contribution in [0.2, 0.25) is 5.15 Å². The number of rotatable bonds is 5. The quantitative estimate of drug-likeness (QED) is 0.662. The maximum atomic E-state index is 6.14. The summed E-state index contributed by atoms with van der Waals surface area (Å²) in [6, 6.07) is 0.385. The van der Waals surface area contributed by atoms with Gasteiger partial charge in [0, 0.05) is 31.9 Å². The number of H-pyrrole nitrogens is 1. The van der Waals surface area contributed by atoms with Gasteiger partial charge in [-0.3, -0.25) is 0 Å². The van der Waals surface area contributed by atoms with Crippen molar-refractivity contribution in [1.29, 1.82) is 0 Å². The molecule has 0 aromatic carbocycles. The number of piperidine rings is 1. The second-order valence-corrected chi connectivity index (χ2v) is 9.21. The number of thiazole rings is 1. The van der Waals surface area contributed by atoms with Crippen molar-refractivity contribution in [2.75, 3.05) is 25.0 Å². The van der Waals surface area contributed by atoms with Gasteiger partial charge in [-0.25, -0.2) is 9.97 Å². The minimum atomic E-state index is 0.385. The van der Waals surface area contributed by atoms with E-state index >= 15 is 0 Å². The van der Waals surface area contributed by atoms with Gasteiger partial charge >= 0.3 is 0 Å². The van der Waals surface area contributed by atoms with Crippen molar-refractivity contribution in [3.63, 3.8) is 0 Å². The number of aromatic amines is 1. The van der Waals surface area contributed by atoms with Crippen molar-refractivity contribution in [1.82, 2.24) is 25.2 Å². The number of halogens is 1. The van der Waals surface area contributed by atoms with E-state index in [9.17, 15) is 0 Å². The van der Waals surface area contributed by atoms with Crippen LogP contribution in [0, 0.1) is 0 Å². The monoisotopic (exact) mass is 448 g/mol. The second kappa shape index (κ2) is 9.88. The lowest BCUT2D eigenvalue weighted by Crippen LogP contribution is -2.42. The van der Waals surface area contributed by atoms with Crippen molar-refractivity contribution in [3.05, 3.63) is 40.4 Å². The molecule has 1 fully saturated rings. The number of anilines is 1. The van der Waals surface area contributed by atoms with Crippen LogP contribution < -0.4 is 10.2 Å². The van der Waals surface area contributed by atoms with E-state index in [0.717, 1.165) is 72.6 Å². The fourth-order valence-electron chi connectivity index (χ4n) is 3.60. The normalized spacial score (nSPS) is 16.4. The fourth-order valence-corrected chi connectivity index (χ4v) is 5.01. The first kappa shape index (κ1) is 22.7. The van der Waals surface area contributed by atoms with Gasteiger partial charge in [0.1, 0.15) is 0 Å². The molecule has 0 saturated carbocycles. The van der Waals surface area contributed by atoms with Gasteiger partial charge < -0.3 is 20.1 Å². The third kappa shape index (κ3) is 4.83. The Balaban J connectivity index is 0.000000806. The first-order chi connectivity index (χ1) is 14.4. The van der Waals surface area contributed by atoms with Gasteiger partial charge in [-0.2, -0.15) is 0 Å². The SMILES string of the molecule is C=C(NC1CCN(c2nc3c(s2)C(=C)N(C)C3)CC1)c1nc(Cl)c(CC)[nH]1.CCC. The lowest BCUT2D eigenvalue weighted by atomic mass is 10.1. The number of nitrogens with one attached hydrogen (secondary N) is 2. The molecule has 8 heteroatoms. The largest absolute Gasteiger partial charge is 0.380 e. The zero-order valence-corrected chi connectivity index (χ0v) is 20.1. The van der Waals surface area contributed by atoms with Gasteiger partial charge in [-0.1, -0.05) is 63.3 Å². The number of aromatic nitrogens is 3. The van der Waals surface area contributed by atoms with E-state index in [0.29, 0.717) is 11.2 Å². The predicted molar refractivity (Wildman–Crippen MR) is 129 cm³/mol. The molecule has 0 aliphatic carbocycles. The Morgan fingerprint density at radius 3 is 2.50 bits per heavy atom. The van der Waals surface area contributed by atoms with E-state index in [2.05, 4.69) is 66.1 Å². The summed E-state index contributed by atoms with van der Waals surface area (Å²) < 4.78 is 0. The molecule has 2 aromatic heterocycles. The molecule has 4 heterocycles. The second-order valence-electron chi connectivity index (χ2n) is 7.87. The maximum absolute atomic E-state index is 6.14. The summed E-state index contributed by atoms with van der Waals surface area (Å²) in [7, 11) is 2.07. The molecule has 2 aliphatic heterocycles. The van der Waals surface area contributed by atoms with Gasteiger partial charge in [0.2, 0.25) is 0 Å². The Labute approximate surface area is 189 Å². The van der Waals surface area contributed by atoms with Crippen LogP contribution in [0.5, 0.6) is 0 Å². The first-order valence-electron chi connectivity index (χ1n) is 10.7. The Hall–Kier alpha value is -1.99. The highest BCUT2D eigenvalue weighted by molar-refractivity contribution is 7.16. The average Bonchev–Trinajstić information content (AvgIpc) is 3.38. The highest BCUT2D eigenvalue weighted by Crippen LogP contribution is 2.38. The Morgan fingerprint density at radius 1 is 1.27 bits per heavy atom. The molecule has 0 amide bonds. The summed E-state index contributed by atoms with van der Waals surface area (Å²) in [5, 5.41) is 5.17. The maximum Gasteiger partial charge on any atom is 0.186 e. The number of hydrogen-bond donors (Lipinski definition) is 2. The summed E-state index contributed by atoms with van der Waals surface area (Å²) in [5.74, 6) is 0.735.